The van der Waals surface area contributed by atoms with Gasteiger partial charge >= 0.3 is 0 Å². The Bertz CT molecular complexity index is 164. The number of hydrogen-bond acceptors (Lipinski definition) is 2. The predicted octanol–water partition coefficient (Wildman–Crippen LogP) is 1.57. The monoisotopic (exact) mass is 140 g/mol. The Hall–Kier alpha value is -0.590. The molecule has 0 fully saturated rings. The summed E-state index contributed by atoms with van der Waals surface area (Å²) in [6.45, 7) is 0. The molecule has 2 nitrogen and oxygen atoms in total. The number of para-hydroxylation sites is 1. The maximum atomic E-state index is 5.28. The fourth-order valence-electron chi connectivity index (χ4n) is 0.605. The van der Waals surface area contributed by atoms with Gasteiger partial charge in [0.1, 0.15) is 0 Å². The third kappa shape index (κ3) is 2.00. The highest BCUT2D eigenvalue weighted by molar-refractivity contribution is 7.36. The molecule has 1 aromatic carbocycles. The Kier molecular flexibility index (Phi) is 2.49. The van der Waals surface area contributed by atoms with Crippen molar-refractivity contribution in [3.63, 3.8) is 0 Å². The lowest BCUT2D eigenvalue weighted by Gasteiger charge is -1.98. The van der Waals surface area contributed by atoms with Crippen molar-refractivity contribution >= 4 is 14.6 Å². The van der Waals surface area contributed by atoms with Gasteiger partial charge in [0.25, 0.3) is 0 Å². The van der Waals surface area contributed by atoms with Gasteiger partial charge in [0.2, 0.25) is 0 Å². The maximum Gasteiger partial charge on any atom is 0.0433 e. The van der Waals surface area contributed by atoms with Gasteiger partial charge in [0.15, 0.2) is 0 Å². The molecule has 0 spiro atoms. The highest BCUT2D eigenvalue weighted by Crippen LogP contribution is 2.09. The fourth-order valence-corrected chi connectivity index (χ4v) is 0.938. The summed E-state index contributed by atoms with van der Waals surface area (Å²) in [4.78, 5) is 0. The molecule has 9 heavy (non-hydrogen) atoms. The topological polar surface area (TPSA) is 38.0 Å². The molecule has 0 radical (unpaired) electrons. The first kappa shape index (κ1) is 6.53. The molecule has 1 rings (SSSR count). The van der Waals surface area contributed by atoms with Crippen molar-refractivity contribution < 1.29 is 0 Å². The molecule has 0 amide bonds. The number of nitrogens with two attached hydrogens (primary N) is 1. The normalized spacial score (nSPS) is 10.3. The second kappa shape index (κ2) is 3.44. The smallest absolute Gasteiger partial charge is 0.0433 e. The van der Waals surface area contributed by atoms with Crippen LogP contribution in [0.15, 0.2) is 30.3 Å². The zero-order valence-electron chi connectivity index (χ0n) is 4.96. The minimum Gasteiger partial charge on any atom is -0.355 e. The van der Waals surface area contributed by atoms with Gasteiger partial charge in [-0.3, -0.25) is 5.50 Å². The number of benzene rings is 1. The molecular weight excluding hydrogens is 131 g/mol. The van der Waals surface area contributed by atoms with Crippen molar-refractivity contribution in [2.75, 3.05) is 5.09 Å². The van der Waals surface area contributed by atoms with Gasteiger partial charge < -0.3 is 5.09 Å². The van der Waals surface area contributed by atoms with Gasteiger partial charge in [-0.25, -0.2) is 0 Å². The summed E-state index contributed by atoms with van der Waals surface area (Å²) in [5, 5.41) is 3.01. The van der Waals surface area contributed by atoms with E-state index in [0.717, 1.165) is 5.69 Å². The van der Waals surface area contributed by atoms with Crippen molar-refractivity contribution in [2.24, 2.45) is 5.50 Å². The van der Waals surface area contributed by atoms with Crippen molar-refractivity contribution in [1.82, 2.24) is 0 Å². The summed E-state index contributed by atoms with van der Waals surface area (Å²) >= 11 is 0. The summed E-state index contributed by atoms with van der Waals surface area (Å²) < 4.78 is 0. The molecule has 0 saturated carbocycles. The molecule has 1 unspecified atom stereocenters. The van der Waals surface area contributed by atoms with Crippen LogP contribution in [0, 0.1) is 0 Å². The van der Waals surface area contributed by atoms with Gasteiger partial charge in [0, 0.05) is 14.6 Å². The molecular formula is C6H9N2P. The van der Waals surface area contributed by atoms with Gasteiger partial charge in [-0.05, 0) is 12.1 Å². The summed E-state index contributed by atoms with van der Waals surface area (Å²) in [6, 6.07) is 9.90. The minimum atomic E-state index is 0.285. The highest BCUT2D eigenvalue weighted by Gasteiger charge is 1.81. The van der Waals surface area contributed by atoms with E-state index in [1.54, 1.807) is 0 Å². The maximum absolute atomic E-state index is 5.28. The van der Waals surface area contributed by atoms with E-state index in [4.69, 9.17) is 5.50 Å². The molecule has 0 saturated heterocycles. The number of rotatable bonds is 2. The quantitative estimate of drug-likeness (QED) is 0.612. The van der Waals surface area contributed by atoms with Crippen LogP contribution in [0.5, 0.6) is 0 Å². The lowest BCUT2D eigenvalue weighted by Crippen LogP contribution is -1.86. The molecule has 48 valence electrons. The SMILES string of the molecule is NPNc1ccccc1. The Morgan fingerprint density at radius 3 is 2.44 bits per heavy atom. The molecule has 0 aliphatic heterocycles. The largest absolute Gasteiger partial charge is 0.355 e. The van der Waals surface area contributed by atoms with Crippen LogP contribution >= 0.6 is 8.88 Å². The van der Waals surface area contributed by atoms with Gasteiger partial charge in [-0.2, -0.15) is 0 Å². The molecule has 3 N–H and O–H groups in total. The van der Waals surface area contributed by atoms with E-state index < -0.39 is 0 Å². The average molecular weight is 140 g/mol. The highest BCUT2D eigenvalue weighted by atomic mass is 31.1. The van der Waals surface area contributed by atoms with Gasteiger partial charge in [-0.15, -0.1) is 0 Å². The Morgan fingerprint density at radius 1 is 1.22 bits per heavy atom. The lowest BCUT2D eigenvalue weighted by molar-refractivity contribution is 1.67. The van der Waals surface area contributed by atoms with Crippen molar-refractivity contribution in [3.05, 3.63) is 30.3 Å². The van der Waals surface area contributed by atoms with Crippen molar-refractivity contribution in [1.29, 1.82) is 0 Å². The van der Waals surface area contributed by atoms with Crippen LogP contribution in [-0.2, 0) is 0 Å². The fraction of sp³-hybridized carbons (Fsp3) is 0. The molecule has 0 bridgehead atoms. The van der Waals surface area contributed by atoms with E-state index in [1.165, 1.54) is 0 Å². The third-order valence-corrected chi connectivity index (χ3v) is 1.42. The molecule has 0 heterocycles. The van der Waals surface area contributed by atoms with Gasteiger partial charge in [0.05, 0.1) is 0 Å². The zero-order valence-corrected chi connectivity index (χ0v) is 5.96. The minimum absolute atomic E-state index is 0.285. The molecule has 1 atom stereocenters. The summed E-state index contributed by atoms with van der Waals surface area (Å²) in [5.41, 5.74) is 6.36. The van der Waals surface area contributed by atoms with Crippen LogP contribution in [0.25, 0.3) is 0 Å². The van der Waals surface area contributed by atoms with Crippen molar-refractivity contribution in [3.8, 4) is 0 Å². The summed E-state index contributed by atoms with van der Waals surface area (Å²) in [6.07, 6.45) is 0. The number of hydrogen-bond donors (Lipinski definition) is 2. The van der Waals surface area contributed by atoms with E-state index in [0.29, 0.717) is 0 Å². The first-order valence-electron chi connectivity index (χ1n) is 2.70. The summed E-state index contributed by atoms with van der Waals surface area (Å²) in [7, 11) is 0.285. The van der Waals surface area contributed by atoms with E-state index in [9.17, 15) is 0 Å². The molecule has 1 aromatic rings. The van der Waals surface area contributed by atoms with Crippen LogP contribution in [-0.4, -0.2) is 0 Å². The van der Waals surface area contributed by atoms with Crippen LogP contribution in [0.4, 0.5) is 5.69 Å². The Balaban J connectivity index is 2.61. The predicted molar refractivity (Wildman–Crippen MR) is 42.6 cm³/mol. The molecule has 0 aliphatic rings. The lowest BCUT2D eigenvalue weighted by atomic mass is 10.3. The third-order valence-electron chi connectivity index (χ3n) is 0.990. The van der Waals surface area contributed by atoms with E-state index >= 15 is 0 Å². The van der Waals surface area contributed by atoms with Crippen LogP contribution in [0.2, 0.25) is 0 Å². The van der Waals surface area contributed by atoms with E-state index in [2.05, 4.69) is 5.09 Å². The molecule has 0 aliphatic carbocycles. The van der Waals surface area contributed by atoms with Gasteiger partial charge in [-0.1, -0.05) is 18.2 Å². The van der Waals surface area contributed by atoms with Crippen LogP contribution in [0.3, 0.4) is 0 Å². The second-order valence-corrected chi connectivity index (χ2v) is 2.17. The number of anilines is 1. The second-order valence-electron chi connectivity index (χ2n) is 1.64. The zero-order chi connectivity index (χ0) is 6.53. The molecule has 0 aromatic heterocycles. The Labute approximate surface area is 56.3 Å². The summed E-state index contributed by atoms with van der Waals surface area (Å²) in [5.74, 6) is 0. The number of nitrogens with one attached hydrogen (secondary N) is 1. The standard InChI is InChI=1S/C6H9N2P/c7-9-8-6-4-2-1-3-5-6/h1-5,8-9H,7H2. The van der Waals surface area contributed by atoms with E-state index in [1.807, 2.05) is 30.3 Å². The van der Waals surface area contributed by atoms with Crippen LogP contribution in [0.1, 0.15) is 0 Å². The Morgan fingerprint density at radius 2 is 1.89 bits per heavy atom. The van der Waals surface area contributed by atoms with E-state index in [-0.39, 0.29) is 8.88 Å². The van der Waals surface area contributed by atoms with Crippen molar-refractivity contribution in [2.45, 2.75) is 0 Å². The molecule has 3 heteroatoms. The first-order chi connectivity index (χ1) is 4.43. The average Bonchev–Trinajstić information content (AvgIpc) is 1.91. The van der Waals surface area contributed by atoms with Crippen LogP contribution < -0.4 is 10.6 Å². The first-order valence-corrected chi connectivity index (χ1v) is 3.78.